The minimum absolute atomic E-state index is 0.175. The lowest BCUT2D eigenvalue weighted by molar-refractivity contribution is -0.120. The molecule has 0 radical (unpaired) electrons. The maximum atomic E-state index is 12.0. The third-order valence-corrected chi connectivity index (χ3v) is 6.43. The summed E-state index contributed by atoms with van der Waals surface area (Å²) in [5, 5.41) is 8.68. The summed E-state index contributed by atoms with van der Waals surface area (Å²) in [7, 11) is -2.05. The summed E-state index contributed by atoms with van der Waals surface area (Å²) >= 11 is 1.09. The van der Waals surface area contributed by atoms with Gasteiger partial charge in [-0.2, -0.15) is 5.10 Å². The van der Waals surface area contributed by atoms with Crippen molar-refractivity contribution in [2.24, 2.45) is 0 Å². The number of amides is 1. The van der Waals surface area contributed by atoms with Crippen molar-refractivity contribution in [1.82, 2.24) is 19.8 Å². The Kier molecular flexibility index (Phi) is 5.89. The molecule has 3 aromatic rings. The summed E-state index contributed by atoms with van der Waals surface area (Å²) in [5.41, 5.74) is 1.51. The van der Waals surface area contributed by atoms with Gasteiger partial charge in [-0.05, 0) is 41.8 Å². The van der Waals surface area contributed by atoms with Gasteiger partial charge >= 0.3 is 0 Å². The van der Waals surface area contributed by atoms with Gasteiger partial charge in [0, 0.05) is 6.20 Å². The lowest BCUT2D eigenvalue weighted by Crippen LogP contribution is -2.36. The zero-order chi connectivity index (χ0) is 19.3. The van der Waals surface area contributed by atoms with E-state index in [2.05, 4.69) is 15.1 Å². The molecule has 0 aliphatic rings. The van der Waals surface area contributed by atoms with Gasteiger partial charge in [-0.25, -0.2) is 17.8 Å². The van der Waals surface area contributed by atoms with Gasteiger partial charge in [-0.3, -0.25) is 4.79 Å². The van der Waals surface area contributed by atoms with Crippen LogP contribution >= 0.6 is 11.3 Å². The first-order chi connectivity index (χ1) is 13.0. The van der Waals surface area contributed by atoms with Crippen LogP contribution in [0.25, 0.3) is 5.69 Å². The predicted octanol–water partition coefficient (Wildman–Crippen LogP) is 1.54. The molecule has 0 fully saturated rings. The summed E-state index contributed by atoms with van der Waals surface area (Å²) in [6, 6.07) is 12.3. The molecule has 142 valence electrons. The molecular weight excluding hydrogens is 388 g/mol. The van der Waals surface area contributed by atoms with Gasteiger partial charge in [0.2, 0.25) is 5.91 Å². The van der Waals surface area contributed by atoms with Crippen molar-refractivity contribution in [2.75, 3.05) is 13.7 Å². The van der Waals surface area contributed by atoms with Gasteiger partial charge in [0.15, 0.2) is 0 Å². The highest BCUT2D eigenvalue weighted by molar-refractivity contribution is 7.91. The van der Waals surface area contributed by atoms with Gasteiger partial charge in [0.1, 0.15) is 9.96 Å². The molecule has 0 aliphatic heterocycles. The molecule has 2 N–H and O–H groups in total. The SMILES string of the molecule is COc1ccc(-n2ccc(CNC(=O)CNS(=O)(=O)c3cccs3)n2)cc1. The second-order valence-electron chi connectivity index (χ2n) is 5.48. The molecule has 0 aliphatic carbocycles. The molecule has 0 saturated heterocycles. The third-order valence-electron chi connectivity index (χ3n) is 3.63. The number of hydrogen-bond donors (Lipinski definition) is 2. The number of carbonyl (C=O) groups is 1. The standard InChI is InChI=1S/C17H18N4O4S2/c1-25-15-6-4-14(5-7-15)21-9-8-13(20-21)11-18-16(22)12-19-27(23,24)17-3-2-10-26-17/h2-10,19H,11-12H2,1H3,(H,18,22). The zero-order valence-electron chi connectivity index (χ0n) is 14.5. The Hall–Kier alpha value is -2.69. The van der Waals surface area contributed by atoms with E-state index < -0.39 is 15.9 Å². The molecule has 0 atom stereocenters. The molecule has 1 aromatic carbocycles. The fourth-order valence-electron chi connectivity index (χ4n) is 2.23. The number of sulfonamides is 1. The maximum Gasteiger partial charge on any atom is 0.250 e. The van der Waals surface area contributed by atoms with E-state index in [1.165, 1.54) is 6.07 Å². The van der Waals surface area contributed by atoms with Crippen LogP contribution in [0.5, 0.6) is 5.75 Å². The van der Waals surface area contributed by atoms with Crippen LogP contribution in [0.15, 0.2) is 58.3 Å². The Morgan fingerprint density at radius 1 is 1.22 bits per heavy atom. The normalized spacial score (nSPS) is 11.3. The average Bonchev–Trinajstić information content (AvgIpc) is 3.37. The minimum atomic E-state index is -3.65. The number of ether oxygens (including phenoxy) is 1. The molecule has 10 heteroatoms. The maximum absolute atomic E-state index is 12.0. The first kappa shape index (κ1) is 19.1. The molecule has 1 amide bonds. The molecule has 0 unspecified atom stereocenters. The second kappa shape index (κ2) is 8.33. The number of nitrogens with zero attached hydrogens (tertiary/aromatic N) is 2. The molecule has 0 saturated carbocycles. The highest BCUT2D eigenvalue weighted by Gasteiger charge is 2.16. The number of nitrogens with one attached hydrogen (secondary N) is 2. The van der Waals surface area contributed by atoms with E-state index in [9.17, 15) is 13.2 Å². The third kappa shape index (κ3) is 4.94. The van der Waals surface area contributed by atoms with E-state index in [4.69, 9.17) is 4.74 Å². The van der Waals surface area contributed by atoms with Crippen molar-refractivity contribution < 1.29 is 17.9 Å². The van der Waals surface area contributed by atoms with E-state index in [-0.39, 0.29) is 17.3 Å². The van der Waals surface area contributed by atoms with E-state index in [1.54, 1.807) is 35.5 Å². The quantitative estimate of drug-likeness (QED) is 0.591. The van der Waals surface area contributed by atoms with Crippen LogP contribution < -0.4 is 14.8 Å². The Morgan fingerprint density at radius 2 is 2.00 bits per heavy atom. The molecule has 0 bridgehead atoms. The Balaban J connectivity index is 1.51. The first-order valence-electron chi connectivity index (χ1n) is 7.97. The van der Waals surface area contributed by atoms with Gasteiger partial charge in [-0.1, -0.05) is 6.07 Å². The number of aromatic nitrogens is 2. The minimum Gasteiger partial charge on any atom is -0.497 e. The number of benzene rings is 1. The summed E-state index contributed by atoms with van der Waals surface area (Å²) < 4.78 is 33.2. The molecule has 27 heavy (non-hydrogen) atoms. The summed E-state index contributed by atoms with van der Waals surface area (Å²) in [6.45, 7) is -0.137. The van der Waals surface area contributed by atoms with Crippen molar-refractivity contribution in [3.63, 3.8) is 0 Å². The molecule has 2 heterocycles. The Bertz CT molecular complexity index is 996. The summed E-state index contributed by atoms with van der Waals surface area (Å²) in [4.78, 5) is 11.9. The number of thiophene rings is 1. The lowest BCUT2D eigenvalue weighted by Gasteiger charge is -2.06. The average molecular weight is 406 g/mol. The Labute approximate surface area is 160 Å². The number of rotatable bonds is 8. The molecular formula is C17H18N4O4S2. The van der Waals surface area contributed by atoms with E-state index >= 15 is 0 Å². The van der Waals surface area contributed by atoms with Crippen molar-refractivity contribution >= 4 is 27.3 Å². The molecule has 3 rings (SSSR count). The molecule has 2 aromatic heterocycles. The molecule has 0 spiro atoms. The monoisotopic (exact) mass is 406 g/mol. The smallest absolute Gasteiger partial charge is 0.250 e. The lowest BCUT2D eigenvalue weighted by atomic mass is 10.3. The van der Waals surface area contributed by atoms with Crippen LogP contribution in [-0.4, -0.2) is 37.8 Å². The zero-order valence-corrected chi connectivity index (χ0v) is 16.1. The summed E-state index contributed by atoms with van der Waals surface area (Å²) in [6.07, 6.45) is 1.78. The second-order valence-corrected chi connectivity index (χ2v) is 8.42. The predicted molar refractivity (Wildman–Crippen MR) is 101 cm³/mol. The van der Waals surface area contributed by atoms with Gasteiger partial charge < -0.3 is 10.1 Å². The van der Waals surface area contributed by atoms with Gasteiger partial charge in [0.25, 0.3) is 10.0 Å². The Morgan fingerprint density at radius 3 is 2.67 bits per heavy atom. The topological polar surface area (TPSA) is 102 Å². The summed E-state index contributed by atoms with van der Waals surface area (Å²) in [5.74, 6) is 0.317. The van der Waals surface area contributed by atoms with Crippen LogP contribution in [0.2, 0.25) is 0 Å². The van der Waals surface area contributed by atoms with Crippen LogP contribution in [0, 0.1) is 0 Å². The fraction of sp³-hybridized carbons (Fsp3) is 0.176. The van der Waals surface area contributed by atoms with Crippen molar-refractivity contribution in [3.8, 4) is 11.4 Å². The van der Waals surface area contributed by atoms with Gasteiger partial charge in [-0.15, -0.1) is 11.3 Å². The highest BCUT2D eigenvalue weighted by atomic mass is 32.2. The van der Waals surface area contributed by atoms with Crippen molar-refractivity contribution in [2.45, 2.75) is 10.8 Å². The largest absolute Gasteiger partial charge is 0.497 e. The number of hydrogen-bond acceptors (Lipinski definition) is 6. The highest BCUT2D eigenvalue weighted by Crippen LogP contribution is 2.15. The van der Waals surface area contributed by atoms with Crippen LogP contribution in [0.3, 0.4) is 0 Å². The van der Waals surface area contributed by atoms with E-state index in [0.29, 0.717) is 5.69 Å². The van der Waals surface area contributed by atoms with Crippen LogP contribution in [-0.2, 0) is 21.4 Å². The molecule has 8 nitrogen and oxygen atoms in total. The van der Waals surface area contributed by atoms with Crippen LogP contribution in [0.1, 0.15) is 5.69 Å². The number of methoxy groups -OCH3 is 1. The van der Waals surface area contributed by atoms with Gasteiger partial charge in [0.05, 0.1) is 31.6 Å². The first-order valence-corrected chi connectivity index (χ1v) is 10.3. The van der Waals surface area contributed by atoms with Crippen molar-refractivity contribution in [3.05, 3.63) is 59.7 Å². The fourth-order valence-corrected chi connectivity index (χ4v) is 4.25. The van der Waals surface area contributed by atoms with E-state index in [1.807, 2.05) is 24.3 Å². The number of carbonyl (C=O) groups excluding carboxylic acids is 1. The van der Waals surface area contributed by atoms with E-state index in [0.717, 1.165) is 22.8 Å². The van der Waals surface area contributed by atoms with Crippen LogP contribution in [0.4, 0.5) is 0 Å². The van der Waals surface area contributed by atoms with Crippen molar-refractivity contribution in [1.29, 1.82) is 0 Å².